The van der Waals surface area contributed by atoms with Gasteiger partial charge in [-0.15, -0.1) is 0 Å². The second-order valence-corrected chi connectivity index (χ2v) is 4.54. The van der Waals surface area contributed by atoms with Crippen molar-refractivity contribution in [3.05, 3.63) is 29.8 Å². The molecule has 0 radical (unpaired) electrons. The third-order valence-corrected chi connectivity index (χ3v) is 3.16. The predicted octanol–water partition coefficient (Wildman–Crippen LogP) is 0.926. The minimum atomic E-state index is -1.01. The largest absolute Gasteiger partial charge is 0.480 e. The topological polar surface area (TPSA) is 79.7 Å². The van der Waals surface area contributed by atoms with E-state index in [1.54, 1.807) is 0 Å². The van der Waals surface area contributed by atoms with Gasteiger partial charge in [0.1, 0.15) is 6.61 Å². The molecule has 0 aromatic carbocycles. The zero-order chi connectivity index (χ0) is 14.5. The number of carbonyl (C=O) groups excluding carboxylic acids is 1. The zero-order valence-corrected chi connectivity index (χ0v) is 10.8. The highest BCUT2D eigenvalue weighted by atomic mass is 19.1. The lowest BCUT2D eigenvalue weighted by Crippen LogP contribution is -2.41. The van der Waals surface area contributed by atoms with Crippen LogP contribution in [-0.2, 0) is 9.53 Å². The van der Waals surface area contributed by atoms with Crippen LogP contribution >= 0.6 is 0 Å². The maximum Gasteiger partial charge on any atom is 0.329 e. The summed E-state index contributed by atoms with van der Waals surface area (Å²) in [5.41, 5.74) is -0.0441. The number of piperidine rings is 1. The first kappa shape index (κ1) is 14.4. The number of hydrogen-bond donors (Lipinski definition) is 1. The van der Waals surface area contributed by atoms with Crippen molar-refractivity contribution in [2.45, 2.75) is 18.9 Å². The molecule has 1 N–H and O–H groups in total. The Morgan fingerprint density at radius 2 is 2.15 bits per heavy atom. The molecule has 0 spiro atoms. The highest BCUT2D eigenvalue weighted by molar-refractivity contribution is 5.94. The quantitative estimate of drug-likeness (QED) is 0.831. The van der Waals surface area contributed by atoms with Crippen LogP contribution in [0.3, 0.4) is 0 Å². The van der Waals surface area contributed by atoms with E-state index in [9.17, 15) is 14.0 Å². The van der Waals surface area contributed by atoms with Gasteiger partial charge in [-0.25, -0.2) is 9.78 Å². The Morgan fingerprint density at radius 3 is 2.75 bits per heavy atom. The number of hydrogen-bond acceptors (Lipinski definition) is 4. The first-order valence-electron chi connectivity index (χ1n) is 6.31. The summed E-state index contributed by atoms with van der Waals surface area (Å²) in [6.07, 6.45) is 2.20. The Bertz CT molecular complexity index is 501. The molecule has 2 rings (SSSR count). The van der Waals surface area contributed by atoms with E-state index in [-0.39, 0.29) is 18.3 Å². The molecule has 1 aliphatic rings. The number of carboxylic acid groups (broad SMARTS) is 1. The lowest BCUT2D eigenvalue weighted by Gasteiger charge is -2.31. The summed E-state index contributed by atoms with van der Waals surface area (Å²) in [4.78, 5) is 27.5. The number of aliphatic carboxylic acids is 1. The van der Waals surface area contributed by atoms with E-state index in [2.05, 4.69) is 4.98 Å². The highest BCUT2D eigenvalue weighted by Crippen LogP contribution is 2.17. The summed E-state index contributed by atoms with van der Waals surface area (Å²) in [6.45, 7) is 0.491. The van der Waals surface area contributed by atoms with Gasteiger partial charge in [0.25, 0.3) is 5.91 Å². The maximum atomic E-state index is 13.4. The molecule has 7 heteroatoms. The highest BCUT2D eigenvalue weighted by Gasteiger charge is 2.26. The van der Waals surface area contributed by atoms with Gasteiger partial charge in [0, 0.05) is 19.3 Å². The summed E-state index contributed by atoms with van der Waals surface area (Å²) in [6, 6.07) is 2.91. The number of halogens is 1. The Balaban J connectivity index is 1.89. The molecule has 20 heavy (non-hydrogen) atoms. The normalized spacial score (nSPS) is 16.1. The molecule has 1 saturated heterocycles. The number of likely N-dealkylation sites (tertiary alicyclic amines) is 1. The first-order chi connectivity index (χ1) is 9.58. The van der Waals surface area contributed by atoms with Gasteiger partial charge in [-0.2, -0.15) is 4.39 Å². The molecular weight excluding hydrogens is 267 g/mol. The number of nitrogens with zero attached hydrogens (tertiary/aromatic N) is 2. The minimum absolute atomic E-state index is 0.0441. The van der Waals surface area contributed by atoms with Crippen LogP contribution in [0.5, 0.6) is 0 Å². The molecule has 0 aliphatic carbocycles. The van der Waals surface area contributed by atoms with Crippen LogP contribution in [0.2, 0.25) is 0 Å². The fourth-order valence-corrected chi connectivity index (χ4v) is 2.13. The van der Waals surface area contributed by atoms with Crippen molar-refractivity contribution in [3.8, 4) is 0 Å². The number of carbonyl (C=O) groups is 2. The second-order valence-electron chi connectivity index (χ2n) is 4.54. The summed E-state index contributed by atoms with van der Waals surface area (Å²) >= 11 is 0. The molecule has 0 unspecified atom stereocenters. The first-order valence-corrected chi connectivity index (χ1v) is 6.31. The molecule has 108 valence electrons. The van der Waals surface area contributed by atoms with Crippen LogP contribution in [0.25, 0.3) is 0 Å². The van der Waals surface area contributed by atoms with Crippen LogP contribution in [0.4, 0.5) is 4.39 Å². The fourth-order valence-electron chi connectivity index (χ4n) is 2.13. The average Bonchev–Trinajstić information content (AvgIpc) is 2.45. The van der Waals surface area contributed by atoms with Crippen molar-refractivity contribution < 1.29 is 23.8 Å². The fraction of sp³-hybridized carbons (Fsp3) is 0.462. The van der Waals surface area contributed by atoms with Crippen molar-refractivity contribution >= 4 is 11.9 Å². The van der Waals surface area contributed by atoms with Crippen LogP contribution in [0.1, 0.15) is 23.2 Å². The number of rotatable bonds is 4. The molecule has 1 amide bonds. The molecular formula is C13H15FN2O4. The van der Waals surface area contributed by atoms with Crippen LogP contribution < -0.4 is 0 Å². The monoisotopic (exact) mass is 282 g/mol. The van der Waals surface area contributed by atoms with Crippen molar-refractivity contribution in [2.75, 3.05) is 19.7 Å². The standard InChI is InChI=1S/C13H15FN2O4/c14-12-10(2-1-5-15-12)13(19)16-6-3-9(4-7-16)20-8-11(17)18/h1-2,5,9H,3-4,6-8H2,(H,17,18). The van der Waals surface area contributed by atoms with Gasteiger partial charge in [0.2, 0.25) is 5.95 Å². The van der Waals surface area contributed by atoms with Crippen molar-refractivity contribution in [3.63, 3.8) is 0 Å². The molecule has 2 heterocycles. The lowest BCUT2D eigenvalue weighted by molar-refractivity contribution is -0.145. The van der Waals surface area contributed by atoms with Crippen LogP contribution in [0, 0.1) is 5.95 Å². The predicted molar refractivity (Wildman–Crippen MR) is 66.7 cm³/mol. The van der Waals surface area contributed by atoms with Crippen molar-refractivity contribution in [1.29, 1.82) is 0 Å². The molecule has 1 aromatic heterocycles. The number of amides is 1. The van der Waals surface area contributed by atoms with Gasteiger partial charge in [0.05, 0.1) is 11.7 Å². The summed E-state index contributed by atoms with van der Waals surface area (Å²) < 4.78 is 18.6. The molecule has 0 bridgehead atoms. The second kappa shape index (κ2) is 6.42. The molecule has 0 atom stereocenters. The molecule has 1 fully saturated rings. The van der Waals surface area contributed by atoms with E-state index in [1.807, 2.05) is 0 Å². The van der Waals surface area contributed by atoms with E-state index in [0.29, 0.717) is 25.9 Å². The minimum Gasteiger partial charge on any atom is -0.480 e. The number of ether oxygens (including phenoxy) is 1. The average molecular weight is 282 g/mol. The van der Waals surface area contributed by atoms with Gasteiger partial charge in [-0.1, -0.05) is 0 Å². The van der Waals surface area contributed by atoms with Gasteiger partial charge < -0.3 is 14.7 Å². The van der Waals surface area contributed by atoms with Gasteiger partial charge in [-0.05, 0) is 25.0 Å². The zero-order valence-electron chi connectivity index (χ0n) is 10.8. The van der Waals surface area contributed by atoms with Crippen molar-refractivity contribution in [2.24, 2.45) is 0 Å². The third kappa shape index (κ3) is 3.51. The van der Waals surface area contributed by atoms with E-state index in [4.69, 9.17) is 9.84 Å². The van der Waals surface area contributed by atoms with Crippen LogP contribution in [0.15, 0.2) is 18.3 Å². The summed E-state index contributed by atoms with van der Waals surface area (Å²) in [5, 5.41) is 8.53. The molecule has 0 saturated carbocycles. The van der Waals surface area contributed by atoms with Gasteiger partial charge >= 0.3 is 5.97 Å². The third-order valence-electron chi connectivity index (χ3n) is 3.16. The van der Waals surface area contributed by atoms with Crippen LogP contribution in [-0.4, -0.2) is 52.7 Å². The number of aromatic nitrogens is 1. The Labute approximate surface area is 115 Å². The Hall–Kier alpha value is -2.02. The smallest absolute Gasteiger partial charge is 0.329 e. The number of carboxylic acids is 1. The van der Waals surface area contributed by atoms with E-state index in [0.717, 1.165) is 0 Å². The van der Waals surface area contributed by atoms with E-state index >= 15 is 0 Å². The van der Waals surface area contributed by atoms with Gasteiger partial charge in [0.15, 0.2) is 0 Å². The molecule has 1 aromatic rings. The van der Waals surface area contributed by atoms with E-state index < -0.39 is 17.8 Å². The molecule has 1 aliphatic heterocycles. The Kier molecular flexibility index (Phi) is 4.62. The lowest BCUT2D eigenvalue weighted by atomic mass is 10.1. The number of pyridine rings is 1. The van der Waals surface area contributed by atoms with E-state index in [1.165, 1.54) is 23.2 Å². The summed E-state index contributed by atoms with van der Waals surface area (Å²) in [7, 11) is 0. The Morgan fingerprint density at radius 1 is 1.45 bits per heavy atom. The van der Waals surface area contributed by atoms with Gasteiger partial charge in [-0.3, -0.25) is 4.79 Å². The van der Waals surface area contributed by atoms with Crippen molar-refractivity contribution in [1.82, 2.24) is 9.88 Å². The maximum absolute atomic E-state index is 13.4. The summed E-state index contributed by atoms with van der Waals surface area (Å²) in [5.74, 6) is -2.19. The SMILES string of the molecule is O=C(O)COC1CCN(C(=O)c2cccnc2F)CC1. The molecule has 6 nitrogen and oxygen atoms in total.